The normalized spacial score (nSPS) is 15.2. The van der Waals surface area contributed by atoms with Crippen molar-refractivity contribution in [3.8, 4) is 5.75 Å². The van der Waals surface area contributed by atoms with Gasteiger partial charge in [0, 0.05) is 6.20 Å². The average molecular weight is 193 g/mol. The third kappa shape index (κ3) is 1.55. The molecule has 1 aromatic rings. The molecule has 0 radical (unpaired) electrons. The van der Waals surface area contributed by atoms with Crippen molar-refractivity contribution in [2.45, 2.75) is 18.8 Å². The number of hydrogen-bond acceptors (Lipinski definition) is 3. The predicted molar refractivity (Wildman–Crippen MR) is 49.7 cm³/mol. The van der Waals surface area contributed by atoms with E-state index in [1.165, 1.54) is 7.11 Å². The lowest BCUT2D eigenvalue weighted by molar-refractivity contribution is 0.0686. The number of nitrogens with zero attached hydrogens (tertiary/aromatic N) is 1. The summed E-state index contributed by atoms with van der Waals surface area (Å²) >= 11 is 0. The van der Waals surface area contributed by atoms with Gasteiger partial charge in [-0.2, -0.15) is 0 Å². The fourth-order valence-electron chi connectivity index (χ4n) is 1.42. The Balaban J connectivity index is 2.38. The summed E-state index contributed by atoms with van der Waals surface area (Å²) in [5.41, 5.74) is 1.06. The van der Waals surface area contributed by atoms with Crippen molar-refractivity contribution in [2.75, 3.05) is 7.11 Å². The highest BCUT2D eigenvalue weighted by Gasteiger charge is 2.25. The van der Waals surface area contributed by atoms with Crippen LogP contribution in [0.3, 0.4) is 0 Å². The van der Waals surface area contributed by atoms with Crippen LogP contribution in [0.5, 0.6) is 5.75 Å². The molecule has 0 aromatic carbocycles. The molecule has 0 saturated heterocycles. The molecule has 1 aromatic heterocycles. The molecule has 1 N–H and O–H groups in total. The Morgan fingerprint density at radius 1 is 1.64 bits per heavy atom. The van der Waals surface area contributed by atoms with E-state index in [2.05, 4.69) is 4.98 Å². The van der Waals surface area contributed by atoms with Crippen molar-refractivity contribution in [1.29, 1.82) is 0 Å². The molecule has 0 unspecified atom stereocenters. The first kappa shape index (κ1) is 8.99. The van der Waals surface area contributed by atoms with Crippen molar-refractivity contribution < 1.29 is 14.6 Å². The van der Waals surface area contributed by atoms with Crippen LogP contribution >= 0.6 is 0 Å². The first-order chi connectivity index (χ1) is 6.72. The molecule has 74 valence electrons. The minimum atomic E-state index is -1.05. The highest BCUT2D eigenvalue weighted by molar-refractivity contribution is 5.88. The summed E-state index contributed by atoms with van der Waals surface area (Å²) in [5.74, 6) is -0.148. The van der Waals surface area contributed by atoms with Crippen LogP contribution in [0.15, 0.2) is 12.3 Å². The summed E-state index contributed by atoms with van der Waals surface area (Å²) < 4.78 is 4.98. The number of aromatic carboxylic acids is 1. The Morgan fingerprint density at radius 3 is 2.86 bits per heavy atom. The zero-order valence-electron chi connectivity index (χ0n) is 7.86. The number of carboxylic acids is 1. The summed E-state index contributed by atoms with van der Waals surface area (Å²) in [5, 5.41) is 8.80. The minimum Gasteiger partial charge on any atom is -0.494 e. The topological polar surface area (TPSA) is 59.4 Å². The molecule has 1 heterocycles. The summed E-state index contributed by atoms with van der Waals surface area (Å²) in [6, 6.07) is 1.77. The van der Waals surface area contributed by atoms with Crippen LogP contribution in [0.1, 0.15) is 34.8 Å². The van der Waals surface area contributed by atoms with Crippen LogP contribution in [0, 0.1) is 0 Å². The molecule has 14 heavy (non-hydrogen) atoms. The van der Waals surface area contributed by atoms with Crippen molar-refractivity contribution in [2.24, 2.45) is 0 Å². The lowest BCUT2D eigenvalue weighted by atomic mass is 10.1. The quantitative estimate of drug-likeness (QED) is 0.793. The Morgan fingerprint density at radius 2 is 2.36 bits per heavy atom. The van der Waals surface area contributed by atoms with E-state index in [9.17, 15) is 4.79 Å². The number of ether oxygens (including phenoxy) is 1. The van der Waals surface area contributed by atoms with Gasteiger partial charge in [0.05, 0.1) is 7.11 Å². The highest BCUT2D eigenvalue weighted by Crippen LogP contribution is 2.41. The molecule has 1 aliphatic carbocycles. The maximum absolute atomic E-state index is 10.7. The lowest BCUT2D eigenvalue weighted by Gasteiger charge is -2.05. The number of aromatic nitrogens is 1. The summed E-state index contributed by atoms with van der Waals surface area (Å²) in [7, 11) is 1.46. The van der Waals surface area contributed by atoms with Crippen LogP contribution < -0.4 is 4.74 Å². The third-order valence-corrected chi connectivity index (χ3v) is 2.35. The van der Waals surface area contributed by atoms with Gasteiger partial charge in [-0.15, -0.1) is 0 Å². The molecule has 2 rings (SSSR count). The van der Waals surface area contributed by atoms with Crippen LogP contribution in [-0.2, 0) is 0 Å². The molecule has 4 nitrogen and oxygen atoms in total. The summed E-state index contributed by atoms with van der Waals surface area (Å²) in [6.45, 7) is 0. The first-order valence-corrected chi connectivity index (χ1v) is 4.49. The van der Waals surface area contributed by atoms with Gasteiger partial charge in [-0.3, -0.25) is 0 Å². The van der Waals surface area contributed by atoms with E-state index in [4.69, 9.17) is 9.84 Å². The van der Waals surface area contributed by atoms with Gasteiger partial charge in [-0.25, -0.2) is 9.78 Å². The monoisotopic (exact) mass is 193 g/mol. The summed E-state index contributed by atoms with van der Waals surface area (Å²) in [4.78, 5) is 14.6. The molecule has 4 heteroatoms. The van der Waals surface area contributed by atoms with Crippen molar-refractivity contribution in [1.82, 2.24) is 4.98 Å². The number of carboxylic acid groups (broad SMARTS) is 1. The molecule has 0 spiro atoms. The predicted octanol–water partition coefficient (Wildman–Crippen LogP) is 1.67. The zero-order chi connectivity index (χ0) is 10.1. The maximum Gasteiger partial charge on any atom is 0.358 e. The smallest absolute Gasteiger partial charge is 0.358 e. The van der Waals surface area contributed by atoms with Gasteiger partial charge in [0.15, 0.2) is 11.4 Å². The minimum absolute atomic E-state index is 0.0168. The number of methoxy groups -OCH3 is 1. The van der Waals surface area contributed by atoms with Crippen molar-refractivity contribution in [3.05, 3.63) is 23.5 Å². The van der Waals surface area contributed by atoms with Crippen LogP contribution in [0.25, 0.3) is 0 Å². The Hall–Kier alpha value is -1.58. The molecule has 1 saturated carbocycles. The van der Waals surface area contributed by atoms with Crippen LogP contribution in [0.4, 0.5) is 0 Å². The average Bonchev–Trinajstić information content (AvgIpc) is 3.00. The van der Waals surface area contributed by atoms with Gasteiger partial charge < -0.3 is 9.84 Å². The fraction of sp³-hybridized carbons (Fsp3) is 0.400. The van der Waals surface area contributed by atoms with Crippen LogP contribution in [0.2, 0.25) is 0 Å². The van der Waals surface area contributed by atoms with E-state index in [-0.39, 0.29) is 5.69 Å². The van der Waals surface area contributed by atoms with Gasteiger partial charge in [0.2, 0.25) is 0 Å². The van der Waals surface area contributed by atoms with E-state index >= 15 is 0 Å². The van der Waals surface area contributed by atoms with E-state index in [0.29, 0.717) is 11.7 Å². The SMILES string of the molecule is COc1cc(C2CC2)cnc1C(=O)O. The highest BCUT2D eigenvalue weighted by atomic mass is 16.5. The second kappa shape index (κ2) is 3.29. The molecule has 0 bridgehead atoms. The van der Waals surface area contributed by atoms with E-state index in [1.807, 2.05) is 0 Å². The fourth-order valence-corrected chi connectivity index (χ4v) is 1.42. The summed E-state index contributed by atoms with van der Waals surface area (Å²) in [6.07, 6.45) is 3.96. The van der Waals surface area contributed by atoms with Gasteiger partial charge >= 0.3 is 5.97 Å². The van der Waals surface area contributed by atoms with E-state index in [0.717, 1.165) is 18.4 Å². The standard InChI is InChI=1S/C10H11NO3/c1-14-8-4-7(6-2-3-6)5-11-9(8)10(12)13/h4-6H,2-3H2,1H3,(H,12,13). The molecular weight excluding hydrogens is 182 g/mol. The van der Waals surface area contributed by atoms with E-state index in [1.54, 1.807) is 12.3 Å². The Kier molecular flexibility index (Phi) is 2.11. The molecular formula is C10H11NO3. The van der Waals surface area contributed by atoms with Gasteiger partial charge in [0.1, 0.15) is 0 Å². The third-order valence-electron chi connectivity index (χ3n) is 2.35. The molecule has 0 amide bonds. The molecule has 1 fully saturated rings. The molecule has 0 aliphatic heterocycles. The second-order valence-corrected chi connectivity index (χ2v) is 3.40. The number of carbonyl (C=O) groups is 1. The van der Waals surface area contributed by atoms with Crippen molar-refractivity contribution in [3.63, 3.8) is 0 Å². The van der Waals surface area contributed by atoms with E-state index < -0.39 is 5.97 Å². The number of pyridine rings is 1. The maximum atomic E-state index is 10.7. The lowest BCUT2D eigenvalue weighted by Crippen LogP contribution is -2.04. The zero-order valence-corrected chi connectivity index (χ0v) is 7.86. The first-order valence-electron chi connectivity index (χ1n) is 4.49. The molecule has 0 atom stereocenters. The second-order valence-electron chi connectivity index (χ2n) is 3.40. The van der Waals surface area contributed by atoms with Gasteiger partial charge in [-0.05, 0) is 30.4 Å². The van der Waals surface area contributed by atoms with Crippen molar-refractivity contribution >= 4 is 5.97 Å². The largest absolute Gasteiger partial charge is 0.494 e. The number of hydrogen-bond donors (Lipinski definition) is 1. The Labute approximate surface area is 81.5 Å². The molecule has 1 aliphatic rings. The Bertz CT molecular complexity index is 372. The van der Waals surface area contributed by atoms with Gasteiger partial charge in [0.25, 0.3) is 0 Å². The number of rotatable bonds is 3. The van der Waals surface area contributed by atoms with Gasteiger partial charge in [-0.1, -0.05) is 0 Å². The van der Waals surface area contributed by atoms with Crippen LogP contribution in [-0.4, -0.2) is 23.2 Å².